The standard InChI is InChI=1S/C22H27N3O3/c1-3-16-8-10-18(11-9-16)23-22(27)25-14-12-17(13-15-25)21(26)24-19-6-4-5-7-20(19)28-2/h4-11,17H,3,12-15H2,1-2H3,(H,23,27)(H,24,26). The van der Waals surface area contributed by atoms with Crippen LogP contribution in [0.25, 0.3) is 0 Å². The molecular formula is C22H27N3O3. The SMILES string of the molecule is CCc1ccc(NC(=O)N2CCC(C(=O)Nc3ccccc3OC)CC2)cc1. The molecule has 6 heteroatoms. The number of likely N-dealkylation sites (tertiary alicyclic amines) is 1. The molecule has 3 rings (SSSR count). The average molecular weight is 381 g/mol. The molecule has 0 aliphatic carbocycles. The lowest BCUT2D eigenvalue weighted by Gasteiger charge is -2.31. The Labute approximate surface area is 165 Å². The van der Waals surface area contributed by atoms with Gasteiger partial charge in [-0.05, 0) is 49.1 Å². The maximum Gasteiger partial charge on any atom is 0.321 e. The van der Waals surface area contributed by atoms with Crippen LogP contribution in [0.1, 0.15) is 25.3 Å². The van der Waals surface area contributed by atoms with E-state index in [1.807, 2.05) is 48.5 Å². The molecule has 2 N–H and O–H groups in total. The van der Waals surface area contributed by atoms with Crippen LogP contribution in [-0.2, 0) is 11.2 Å². The minimum absolute atomic E-state index is 0.0280. The Bertz CT molecular complexity index is 812. The van der Waals surface area contributed by atoms with Gasteiger partial charge >= 0.3 is 6.03 Å². The van der Waals surface area contributed by atoms with Gasteiger partial charge in [0.1, 0.15) is 5.75 Å². The van der Waals surface area contributed by atoms with Gasteiger partial charge in [-0.1, -0.05) is 31.2 Å². The summed E-state index contributed by atoms with van der Waals surface area (Å²) in [5.74, 6) is 0.499. The largest absolute Gasteiger partial charge is 0.495 e. The van der Waals surface area contributed by atoms with Crippen LogP contribution in [0.4, 0.5) is 16.2 Å². The fourth-order valence-electron chi connectivity index (χ4n) is 3.35. The molecule has 0 spiro atoms. The van der Waals surface area contributed by atoms with Crippen LogP contribution in [0, 0.1) is 5.92 Å². The molecule has 148 valence electrons. The zero-order valence-corrected chi connectivity index (χ0v) is 16.4. The highest BCUT2D eigenvalue weighted by Gasteiger charge is 2.27. The van der Waals surface area contributed by atoms with Gasteiger partial charge in [0.15, 0.2) is 0 Å². The van der Waals surface area contributed by atoms with Crippen LogP contribution in [0.5, 0.6) is 5.75 Å². The van der Waals surface area contributed by atoms with Gasteiger partial charge in [-0.15, -0.1) is 0 Å². The zero-order chi connectivity index (χ0) is 19.9. The van der Waals surface area contributed by atoms with E-state index in [0.717, 1.165) is 12.1 Å². The Morgan fingerprint density at radius 1 is 1.04 bits per heavy atom. The van der Waals surface area contributed by atoms with Crippen LogP contribution in [0.3, 0.4) is 0 Å². The number of carbonyl (C=O) groups excluding carboxylic acids is 2. The zero-order valence-electron chi connectivity index (χ0n) is 16.4. The number of hydrogen-bond acceptors (Lipinski definition) is 3. The summed E-state index contributed by atoms with van der Waals surface area (Å²) < 4.78 is 5.28. The monoisotopic (exact) mass is 381 g/mol. The molecular weight excluding hydrogens is 354 g/mol. The van der Waals surface area contributed by atoms with Crippen molar-refractivity contribution in [2.24, 2.45) is 5.92 Å². The van der Waals surface area contributed by atoms with Crippen LogP contribution < -0.4 is 15.4 Å². The Kier molecular flexibility index (Phi) is 6.53. The number of benzene rings is 2. The van der Waals surface area contributed by atoms with Crippen molar-refractivity contribution >= 4 is 23.3 Å². The van der Waals surface area contributed by atoms with Crippen molar-refractivity contribution in [3.05, 3.63) is 54.1 Å². The number of rotatable bonds is 5. The first-order chi connectivity index (χ1) is 13.6. The fourth-order valence-corrected chi connectivity index (χ4v) is 3.35. The summed E-state index contributed by atoms with van der Waals surface area (Å²) in [6.45, 7) is 3.22. The van der Waals surface area contributed by atoms with E-state index in [4.69, 9.17) is 4.74 Å². The van der Waals surface area contributed by atoms with Crippen molar-refractivity contribution in [3.63, 3.8) is 0 Å². The van der Waals surface area contributed by atoms with E-state index in [1.54, 1.807) is 12.0 Å². The van der Waals surface area contributed by atoms with E-state index >= 15 is 0 Å². The Morgan fingerprint density at radius 2 is 1.71 bits per heavy atom. The lowest BCUT2D eigenvalue weighted by molar-refractivity contribution is -0.121. The van der Waals surface area contributed by atoms with Crippen LogP contribution in [-0.4, -0.2) is 37.0 Å². The number of piperidine rings is 1. The van der Waals surface area contributed by atoms with Crippen molar-refractivity contribution in [3.8, 4) is 5.75 Å². The maximum atomic E-state index is 12.6. The average Bonchev–Trinajstić information content (AvgIpc) is 2.74. The summed E-state index contributed by atoms with van der Waals surface area (Å²) in [6.07, 6.45) is 2.25. The van der Waals surface area contributed by atoms with Crippen molar-refractivity contribution in [1.82, 2.24) is 4.90 Å². The van der Waals surface area contributed by atoms with Crippen LogP contribution >= 0.6 is 0 Å². The van der Waals surface area contributed by atoms with E-state index in [1.165, 1.54) is 5.56 Å². The highest BCUT2D eigenvalue weighted by atomic mass is 16.5. The lowest BCUT2D eigenvalue weighted by atomic mass is 9.96. The molecule has 6 nitrogen and oxygen atoms in total. The van der Waals surface area contributed by atoms with Gasteiger partial charge in [0, 0.05) is 24.7 Å². The number of nitrogens with one attached hydrogen (secondary N) is 2. The smallest absolute Gasteiger partial charge is 0.321 e. The summed E-state index contributed by atoms with van der Waals surface area (Å²) in [5.41, 5.74) is 2.70. The number of carbonyl (C=O) groups is 2. The number of urea groups is 1. The second-order valence-corrected chi connectivity index (χ2v) is 6.93. The molecule has 1 aliphatic heterocycles. The third-order valence-electron chi connectivity index (χ3n) is 5.13. The third kappa shape index (κ3) is 4.82. The number of para-hydroxylation sites is 2. The molecule has 3 amide bonds. The number of hydrogen-bond donors (Lipinski definition) is 2. The molecule has 1 saturated heterocycles. The van der Waals surface area contributed by atoms with Gasteiger partial charge < -0.3 is 20.3 Å². The second-order valence-electron chi connectivity index (χ2n) is 6.93. The molecule has 1 aliphatic rings. The highest BCUT2D eigenvalue weighted by Crippen LogP contribution is 2.26. The summed E-state index contributed by atoms with van der Waals surface area (Å²) in [4.78, 5) is 26.8. The number of anilines is 2. The first kappa shape index (κ1) is 19.7. The molecule has 0 unspecified atom stereocenters. The summed E-state index contributed by atoms with van der Waals surface area (Å²) in [7, 11) is 1.58. The predicted molar refractivity (Wildman–Crippen MR) is 111 cm³/mol. The van der Waals surface area contributed by atoms with Crippen molar-refractivity contribution in [1.29, 1.82) is 0 Å². The quantitative estimate of drug-likeness (QED) is 0.818. The number of ether oxygens (including phenoxy) is 1. The number of amides is 3. The van der Waals surface area contributed by atoms with Gasteiger partial charge in [-0.2, -0.15) is 0 Å². The Morgan fingerprint density at radius 3 is 2.36 bits per heavy atom. The first-order valence-electron chi connectivity index (χ1n) is 9.69. The summed E-state index contributed by atoms with van der Waals surface area (Å²) in [6, 6.07) is 15.1. The summed E-state index contributed by atoms with van der Waals surface area (Å²) >= 11 is 0. The van der Waals surface area contributed by atoms with Gasteiger partial charge in [0.05, 0.1) is 12.8 Å². The lowest BCUT2D eigenvalue weighted by Crippen LogP contribution is -2.43. The number of methoxy groups -OCH3 is 1. The molecule has 1 fully saturated rings. The summed E-state index contributed by atoms with van der Waals surface area (Å²) in [5, 5.41) is 5.87. The molecule has 1 heterocycles. The van der Waals surface area contributed by atoms with Crippen molar-refractivity contribution < 1.29 is 14.3 Å². The van der Waals surface area contributed by atoms with E-state index in [9.17, 15) is 9.59 Å². The molecule has 0 aromatic heterocycles. The Balaban J connectivity index is 1.50. The molecule has 0 radical (unpaired) electrons. The van der Waals surface area contributed by atoms with Crippen LogP contribution in [0.15, 0.2) is 48.5 Å². The molecule has 0 bridgehead atoms. The van der Waals surface area contributed by atoms with Crippen molar-refractivity contribution in [2.75, 3.05) is 30.8 Å². The van der Waals surface area contributed by atoms with Crippen LogP contribution in [0.2, 0.25) is 0 Å². The van der Waals surface area contributed by atoms with Gasteiger partial charge in [-0.25, -0.2) is 4.79 Å². The van der Waals surface area contributed by atoms with Gasteiger partial charge in [0.2, 0.25) is 5.91 Å². The molecule has 28 heavy (non-hydrogen) atoms. The van der Waals surface area contributed by atoms with E-state index < -0.39 is 0 Å². The highest BCUT2D eigenvalue weighted by molar-refractivity contribution is 5.94. The van der Waals surface area contributed by atoms with E-state index in [0.29, 0.717) is 37.4 Å². The fraction of sp³-hybridized carbons (Fsp3) is 0.364. The molecule has 2 aromatic rings. The molecule has 0 saturated carbocycles. The first-order valence-corrected chi connectivity index (χ1v) is 9.69. The Hall–Kier alpha value is -3.02. The van der Waals surface area contributed by atoms with Gasteiger partial charge in [-0.3, -0.25) is 4.79 Å². The third-order valence-corrected chi connectivity index (χ3v) is 5.13. The van der Waals surface area contributed by atoms with Gasteiger partial charge in [0.25, 0.3) is 0 Å². The number of nitrogens with zero attached hydrogens (tertiary/aromatic N) is 1. The normalized spacial score (nSPS) is 14.4. The maximum absolute atomic E-state index is 12.6. The minimum atomic E-state index is -0.118. The topological polar surface area (TPSA) is 70.7 Å². The predicted octanol–water partition coefficient (Wildman–Crippen LogP) is 4.14. The number of aryl methyl sites for hydroxylation is 1. The van der Waals surface area contributed by atoms with Crippen molar-refractivity contribution in [2.45, 2.75) is 26.2 Å². The molecule has 2 aromatic carbocycles. The molecule has 0 atom stereocenters. The van der Waals surface area contributed by atoms with E-state index in [-0.39, 0.29) is 17.9 Å². The minimum Gasteiger partial charge on any atom is -0.495 e. The second kappa shape index (κ2) is 9.26. The van der Waals surface area contributed by atoms with E-state index in [2.05, 4.69) is 17.6 Å².